The Bertz CT molecular complexity index is 359. The van der Waals surface area contributed by atoms with E-state index < -0.39 is 0 Å². The first kappa shape index (κ1) is 18.3. The van der Waals surface area contributed by atoms with Crippen LogP contribution in [0.3, 0.4) is 0 Å². The number of piperidine rings is 1. The van der Waals surface area contributed by atoms with Crippen LogP contribution in [0.1, 0.15) is 44.9 Å². The predicted molar refractivity (Wildman–Crippen MR) is 101 cm³/mol. The molecule has 0 aliphatic carbocycles. The number of nitrogens with zero attached hydrogens (tertiary/aromatic N) is 3. The van der Waals surface area contributed by atoms with Gasteiger partial charge in [-0.1, -0.05) is 0 Å². The third-order valence-electron chi connectivity index (χ3n) is 5.42. The molecule has 2 N–H and O–H groups in total. The molecule has 3 fully saturated rings. The number of halogens is 1. The Morgan fingerprint density at radius 1 is 0.955 bits per heavy atom. The summed E-state index contributed by atoms with van der Waals surface area (Å²) in [5, 5.41) is 0. The number of hydrogen-bond donors (Lipinski definition) is 1. The highest BCUT2D eigenvalue weighted by Gasteiger charge is 2.39. The van der Waals surface area contributed by atoms with E-state index in [1.165, 1.54) is 45.2 Å². The number of ether oxygens (including phenoxy) is 1. The van der Waals surface area contributed by atoms with Gasteiger partial charge in [-0.25, -0.2) is 0 Å². The molecule has 22 heavy (non-hydrogen) atoms. The summed E-state index contributed by atoms with van der Waals surface area (Å²) in [5.74, 6) is 0.764. The van der Waals surface area contributed by atoms with Gasteiger partial charge in [-0.05, 0) is 58.0 Å². The molecule has 3 heterocycles. The highest BCUT2D eigenvalue weighted by Crippen LogP contribution is 2.31. The van der Waals surface area contributed by atoms with Crippen LogP contribution in [0, 0.1) is 0 Å². The first-order valence-corrected chi connectivity index (χ1v) is 8.68. The van der Waals surface area contributed by atoms with Gasteiger partial charge in [0.1, 0.15) is 0 Å². The summed E-state index contributed by atoms with van der Waals surface area (Å²) in [6.07, 6.45) is 8.69. The molecule has 0 bridgehead atoms. The zero-order chi connectivity index (χ0) is 14.5. The number of aliphatic imine (C=N–C) groups is 1. The van der Waals surface area contributed by atoms with Gasteiger partial charge in [-0.2, -0.15) is 0 Å². The van der Waals surface area contributed by atoms with Crippen LogP contribution in [0.15, 0.2) is 4.99 Å². The lowest BCUT2D eigenvalue weighted by molar-refractivity contribution is -0.0139. The van der Waals surface area contributed by atoms with E-state index in [1.54, 1.807) is 0 Å². The van der Waals surface area contributed by atoms with E-state index in [2.05, 4.69) is 9.80 Å². The van der Waals surface area contributed by atoms with Crippen molar-refractivity contribution in [2.75, 3.05) is 45.9 Å². The molecule has 0 atom stereocenters. The van der Waals surface area contributed by atoms with Crippen LogP contribution in [-0.2, 0) is 4.74 Å². The molecule has 3 saturated heterocycles. The molecule has 3 aliphatic heterocycles. The summed E-state index contributed by atoms with van der Waals surface area (Å²) in [6, 6.07) is 0. The number of rotatable bonds is 3. The number of guanidine groups is 1. The summed E-state index contributed by atoms with van der Waals surface area (Å²) in [6.45, 7) is 7.19. The third kappa shape index (κ3) is 4.26. The number of likely N-dealkylation sites (tertiary alicyclic amines) is 2. The van der Waals surface area contributed by atoms with E-state index in [9.17, 15) is 0 Å². The number of hydrogen-bond acceptors (Lipinski definition) is 3. The molecule has 0 aromatic rings. The van der Waals surface area contributed by atoms with Crippen molar-refractivity contribution in [1.29, 1.82) is 0 Å². The summed E-state index contributed by atoms with van der Waals surface area (Å²) in [5.41, 5.74) is 6.45. The molecular weight excluding hydrogens is 391 g/mol. The zero-order valence-corrected chi connectivity index (χ0v) is 16.0. The van der Waals surface area contributed by atoms with Gasteiger partial charge in [-0.3, -0.25) is 9.89 Å². The first-order chi connectivity index (χ1) is 10.3. The molecule has 0 amide bonds. The van der Waals surface area contributed by atoms with E-state index >= 15 is 0 Å². The molecule has 0 aromatic heterocycles. The molecule has 0 spiro atoms. The molecule has 0 unspecified atom stereocenters. The minimum Gasteiger partial charge on any atom is -0.381 e. The fourth-order valence-electron chi connectivity index (χ4n) is 3.97. The molecule has 6 heteroatoms. The lowest BCUT2D eigenvalue weighted by Gasteiger charge is -2.43. The summed E-state index contributed by atoms with van der Waals surface area (Å²) in [7, 11) is 0. The molecule has 5 nitrogen and oxygen atoms in total. The molecule has 0 saturated carbocycles. The lowest BCUT2D eigenvalue weighted by atomic mass is 9.88. The average molecular weight is 422 g/mol. The zero-order valence-electron chi connectivity index (χ0n) is 13.6. The van der Waals surface area contributed by atoms with Crippen LogP contribution in [0.5, 0.6) is 0 Å². The van der Waals surface area contributed by atoms with Gasteiger partial charge in [0, 0.05) is 31.8 Å². The Morgan fingerprint density at radius 3 is 2.18 bits per heavy atom. The highest BCUT2D eigenvalue weighted by molar-refractivity contribution is 14.0. The normalized spacial score (nSPS) is 26.7. The standard InChI is InChI=1S/C16H30N4O.HI/c17-15(19-8-2-1-3-9-19)18-14-16(6-12-21-13-7-16)20-10-4-5-11-20;/h1-14H2,(H2,17,18);1H. The van der Waals surface area contributed by atoms with Crippen molar-refractivity contribution in [2.24, 2.45) is 10.7 Å². The highest BCUT2D eigenvalue weighted by atomic mass is 127. The topological polar surface area (TPSA) is 54.1 Å². The second-order valence-corrected chi connectivity index (χ2v) is 6.75. The maximum Gasteiger partial charge on any atom is 0.191 e. The molecule has 0 radical (unpaired) electrons. The number of nitrogens with two attached hydrogens (primary N) is 1. The van der Waals surface area contributed by atoms with Crippen LogP contribution in [0.4, 0.5) is 0 Å². The van der Waals surface area contributed by atoms with Crippen molar-refractivity contribution in [1.82, 2.24) is 9.80 Å². The van der Waals surface area contributed by atoms with Crippen LogP contribution in [0.25, 0.3) is 0 Å². The van der Waals surface area contributed by atoms with Gasteiger partial charge in [0.05, 0.1) is 6.54 Å². The Labute approximate surface area is 151 Å². The van der Waals surface area contributed by atoms with E-state index in [0.717, 1.165) is 51.6 Å². The van der Waals surface area contributed by atoms with Crippen molar-refractivity contribution in [3.63, 3.8) is 0 Å². The van der Waals surface area contributed by atoms with E-state index in [1.807, 2.05) is 0 Å². The van der Waals surface area contributed by atoms with E-state index in [0.29, 0.717) is 0 Å². The van der Waals surface area contributed by atoms with Crippen LogP contribution < -0.4 is 5.73 Å². The van der Waals surface area contributed by atoms with Gasteiger partial charge in [-0.15, -0.1) is 24.0 Å². The summed E-state index contributed by atoms with van der Waals surface area (Å²) < 4.78 is 5.59. The van der Waals surface area contributed by atoms with Gasteiger partial charge in [0.2, 0.25) is 0 Å². The second-order valence-electron chi connectivity index (χ2n) is 6.75. The van der Waals surface area contributed by atoms with Crippen molar-refractivity contribution in [3.05, 3.63) is 0 Å². The predicted octanol–water partition coefficient (Wildman–Crippen LogP) is 2.05. The average Bonchev–Trinajstić information content (AvgIpc) is 3.09. The minimum absolute atomic E-state index is 0. The van der Waals surface area contributed by atoms with Crippen LogP contribution in [-0.4, -0.2) is 67.2 Å². The van der Waals surface area contributed by atoms with Crippen molar-refractivity contribution in [2.45, 2.75) is 50.5 Å². The molecular formula is C16H31IN4O. The van der Waals surface area contributed by atoms with Crippen LogP contribution in [0.2, 0.25) is 0 Å². The quantitative estimate of drug-likeness (QED) is 0.430. The fraction of sp³-hybridized carbons (Fsp3) is 0.938. The smallest absolute Gasteiger partial charge is 0.191 e. The second kappa shape index (κ2) is 8.68. The van der Waals surface area contributed by atoms with E-state index in [-0.39, 0.29) is 29.5 Å². The maximum absolute atomic E-state index is 6.25. The Hall–Kier alpha value is -0.0800. The van der Waals surface area contributed by atoms with Crippen molar-refractivity contribution < 1.29 is 4.74 Å². The van der Waals surface area contributed by atoms with Gasteiger partial charge in [0.15, 0.2) is 5.96 Å². The van der Waals surface area contributed by atoms with Crippen molar-refractivity contribution >= 4 is 29.9 Å². The maximum atomic E-state index is 6.25. The Balaban J connectivity index is 0.00000176. The third-order valence-corrected chi connectivity index (χ3v) is 5.42. The molecule has 0 aromatic carbocycles. The van der Waals surface area contributed by atoms with Gasteiger partial charge < -0.3 is 15.4 Å². The molecule has 3 rings (SSSR count). The largest absolute Gasteiger partial charge is 0.381 e. The Morgan fingerprint density at radius 2 is 1.55 bits per heavy atom. The molecule has 3 aliphatic rings. The fourth-order valence-corrected chi connectivity index (χ4v) is 3.97. The van der Waals surface area contributed by atoms with Crippen LogP contribution >= 0.6 is 24.0 Å². The summed E-state index contributed by atoms with van der Waals surface area (Å²) in [4.78, 5) is 9.73. The molecule has 128 valence electrons. The van der Waals surface area contributed by atoms with Gasteiger partial charge >= 0.3 is 0 Å². The minimum atomic E-state index is 0. The first-order valence-electron chi connectivity index (χ1n) is 8.68. The van der Waals surface area contributed by atoms with Gasteiger partial charge in [0.25, 0.3) is 0 Å². The van der Waals surface area contributed by atoms with Crippen molar-refractivity contribution in [3.8, 4) is 0 Å². The monoisotopic (exact) mass is 422 g/mol. The summed E-state index contributed by atoms with van der Waals surface area (Å²) >= 11 is 0. The Kier molecular flexibility index (Phi) is 7.21. The lowest BCUT2D eigenvalue weighted by Crippen LogP contribution is -2.54. The SMILES string of the molecule is I.NC(=NCC1(N2CCCC2)CCOCC1)N1CCCCC1. The van der Waals surface area contributed by atoms with E-state index in [4.69, 9.17) is 15.5 Å².